The van der Waals surface area contributed by atoms with Crippen molar-refractivity contribution in [3.63, 3.8) is 0 Å². The van der Waals surface area contributed by atoms with Crippen LogP contribution in [-0.4, -0.2) is 23.9 Å². The van der Waals surface area contributed by atoms with Crippen molar-refractivity contribution in [1.29, 1.82) is 0 Å². The van der Waals surface area contributed by atoms with Gasteiger partial charge in [-0.25, -0.2) is 0 Å². The number of ether oxygens (including phenoxy) is 1. The monoisotopic (exact) mass is 144 g/mol. The topological polar surface area (TPSA) is 29.5 Å². The molecule has 2 heteroatoms. The summed E-state index contributed by atoms with van der Waals surface area (Å²) in [6.45, 7) is 5.21. The number of hydrogen-bond acceptors (Lipinski definition) is 2. The Kier molecular flexibility index (Phi) is 2.32. The van der Waals surface area contributed by atoms with Gasteiger partial charge in [0.25, 0.3) is 0 Å². The Hall–Kier alpha value is -0.0800. The first-order chi connectivity index (χ1) is 4.69. The summed E-state index contributed by atoms with van der Waals surface area (Å²) < 4.78 is 5.53. The summed E-state index contributed by atoms with van der Waals surface area (Å²) in [4.78, 5) is 0. The molecule has 1 aliphatic rings. The molecule has 10 heavy (non-hydrogen) atoms. The Morgan fingerprint density at radius 2 is 2.40 bits per heavy atom. The lowest BCUT2D eigenvalue weighted by molar-refractivity contribution is -0.0396. The van der Waals surface area contributed by atoms with Crippen molar-refractivity contribution in [3.05, 3.63) is 0 Å². The van der Waals surface area contributed by atoms with Gasteiger partial charge < -0.3 is 9.84 Å². The van der Waals surface area contributed by atoms with E-state index in [9.17, 15) is 0 Å². The van der Waals surface area contributed by atoms with Gasteiger partial charge in [-0.15, -0.1) is 0 Å². The fourth-order valence-corrected chi connectivity index (χ4v) is 1.38. The predicted octanol–water partition coefficient (Wildman–Crippen LogP) is 1.18. The van der Waals surface area contributed by atoms with Gasteiger partial charge in [0.2, 0.25) is 0 Å². The highest BCUT2D eigenvalue weighted by Gasteiger charge is 2.34. The van der Waals surface area contributed by atoms with Gasteiger partial charge in [-0.05, 0) is 19.8 Å². The van der Waals surface area contributed by atoms with E-state index >= 15 is 0 Å². The third kappa shape index (κ3) is 1.32. The van der Waals surface area contributed by atoms with E-state index in [4.69, 9.17) is 9.84 Å². The molecule has 0 aromatic heterocycles. The third-order valence-corrected chi connectivity index (χ3v) is 2.57. The van der Waals surface area contributed by atoms with Crippen LogP contribution in [0.4, 0.5) is 0 Å². The maximum Gasteiger partial charge on any atom is 0.0702 e. The van der Waals surface area contributed by atoms with Gasteiger partial charge in [0.1, 0.15) is 0 Å². The summed E-state index contributed by atoms with van der Waals surface area (Å²) >= 11 is 0. The normalized spacial score (nSPS) is 36.3. The molecule has 2 atom stereocenters. The standard InChI is InChI=1S/C8H16O2/c1-7(6-9)8(2)4-3-5-10-8/h7,9H,3-6H2,1-2H3. The maximum absolute atomic E-state index is 8.88. The molecule has 60 valence electrons. The average molecular weight is 144 g/mol. The zero-order chi connectivity index (χ0) is 7.61. The van der Waals surface area contributed by atoms with Gasteiger partial charge >= 0.3 is 0 Å². The van der Waals surface area contributed by atoms with Crippen molar-refractivity contribution in [1.82, 2.24) is 0 Å². The number of aliphatic hydroxyl groups excluding tert-OH is 1. The van der Waals surface area contributed by atoms with E-state index < -0.39 is 0 Å². The summed E-state index contributed by atoms with van der Waals surface area (Å²) in [6.07, 6.45) is 2.23. The zero-order valence-electron chi connectivity index (χ0n) is 6.76. The van der Waals surface area contributed by atoms with Crippen LogP contribution in [0.3, 0.4) is 0 Å². The summed E-state index contributed by atoms with van der Waals surface area (Å²) in [5, 5.41) is 8.88. The minimum absolute atomic E-state index is 0.0469. The van der Waals surface area contributed by atoms with Crippen molar-refractivity contribution in [2.45, 2.75) is 32.3 Å². The molecule has 2 nitrogen and oxygen atoms in total. The number of rotatable bonds is 2. The van der Waals surface area contributed by atoms with Crippen LogP contribution >= 0.6 is 0 Å². The molecule has 1 rings (SSSR count). The van der Waals surface area contributed by atoms with E-state index in [2.05, 4.69) is 6.92 Å². The Balaban J connectivity index is 2.49. The second kappa shape index (κ2) is 2.89. The summed E-state index contributed by atoms with van der Waals surface area (Å²) in [5.74, 6) is 0.273. The first-order valence-corrected chi connectivity index (χ1v) is 3.94. The Morgan fingerprint density at radius 1 is 1.70 bits per heavy atom. The lowest BCUT2D eigenvalue weighted by atomic mass is 9.89. The number of hydrogen-bond donors (Lipinski definition) is 1. The van der Waals surface area contributed by atoms with Gasteiger partial charge in [0.05, 0.1) is 5.60 Å². The quantitative estimate of drug-likeness (QED) is 0.630. The largest absolute Gasteiger partial charge is 0.396 e. The van der Waals surface area contributed by atoms with E-state index in [-0.39, 0.29) is 18.1 Å². The van der Waals surface area contributed by atoms with Crippen LogP contribution in [0.1, 0.15) is 26.7 Å². The smallest absolute Gasteiger partial charge is 0.0702 e. The van der Waals surface area contributed by atoms with E-state index in [1.165, 1.54) is 0 Å². The second-order valence-electron chi connectivity index (χ2n) is 3.35. The van der Waals surface area contributed by atoms with Crippen LogP contribution < -0.4 is 0 Å². The third-order valence-electron chi connectivity index (χ3n) is 2.57. The minimum atomic E-state index is -0.0469. The molecule has 0 radical (unpaired) electrons. The Morgan fingerprint density at radius 3 is 2.80 bits per heavy atom. The summed E-state index contributed by atoms with van der Waals surface area (Å²) in [6, 6.07) is 0. The molecule has 1 heterocycles. The van der Waals surface area contributed by atoms with Crippen LogP contribution in [0.5, 0.6) is 0 Å². The van der Waals surface area contributed by atoms with Gasteiger partial charge in [0.15, 0.2) is 0 Å². The molecule has 2 unspecified atom stereocenters. The molecule has 1 aliphatic heterocycles. The fraction of sp³-hybridized carbons (Fsp3) is 1.00. The van der Waals surface area contributed by atoms with Gasteiger partial charge in [-0.3, -0.25) is 0 Å². The van der Waals surface area contributed by atoms with E-state index in [1.807, 2.05) is 6.92 Å². The highest BCUT2D eigenvalue weighted by molar-refractivity contribution is 4.84. The van der Waals surface area contributed by atoms with Gasteiger partial charge in [-0.2, -0.15) is 0 Å². The Bertz CT molecular complexity index is 106. The molecule has 0 aromatic rings. The second-order valence-corrected chi connectivity index (χ2v) is 3.35. The van der Waals surface area contributed by atoms with E-state index in [1.54, 1.807) is 0 Å². The maximum atomic E-state index is 8.88. The molecule has 1 fully saturated rings. The zero-order valence-corrected chi connectivity index (χ0v) is 6.76. The molecule has 0 spiro atoms. The summed E-state index contributed by atoms with van der Waals surface area (Å²) in [7, 11) is 0. The molecule has 1 saturated heterocycles. The van der Waals surface area contributed by atoms with Crippen molar-refractivity contribution in [2.24, 2.45) is 5.92 Å². The fourth-order valence-electron chi connectivity index (χ4n) is 1.38. The van der Waals surface area contributed by atoms with Gasteiger partial charge in [0, 0.05) is 19.1 Å². The minimum Gasteiger partial charge on any atom is -0.396 e. The molecule has 1 N–H and O–H groups in total. The Labute approximate surface area is 62.2 Å². The van der Waals surface area contributed by atoms with Crippen LogP contribution in [0.15, 0.2) is 0 Å². The van der Waals surface area contributed by atoms with Crippen LogP contribution in [0, 0.1) is 5.92 Å². The number of aliphatic hydroxyl groups is 1. The molecule has 0 aromatic carbocycles. The van der Waals surface area contributed by atoms with Crippen LogP contribution in [0.2, 0.25) is 0 Å². The molecule has 0 saturated carbocycles. The molecule has 0 bridgehead atoms. The van der Waals surface area contributed by atoms with Crippen LogP contribution in [-0.2, 0) is 4.74 Å². The van der Waals surface area contributed by atoms with E-state index in [0.717, 1.165) is 19.4 Å². The summed E-state index contributed by atoms with van der Waals surface area (Å²) in [5.41, 5.74) is -0.0469. The van der Waals surface area contributed by atoms with Crippen molar-refractivity contribution in [3.8, 4) is 0 Å². The molecular weight excluding hydrogens is 128 g/mol. The van der Waals surface area contributed by atoms with Gasteiger partial charge in [-0.1, -0.05) is 6.92 Å². The highest BCUT2D eigenvalue weighted by atomic mass is 16.5. The van der Waals surface area contributed by atoms with Crippen molar-refractivity contribution in [2.75, 3.05) is 13.2 Å². The SMILES string of the molecule is CC(CO)C1(C)CCCO1. The first-order valence-electron chi connectivity index (χ1n) is 3.94. The predicted molar refractivity (Wildman–Crippen MR) is 39.8 cm³/mol. The van der Waals surface area contributed by atoms with Crippen molar-refractivity contribution < 1.29 is 9.84 Å². The van der Waals surface area contributed by atoms with Crippen LogP contribution in [0.25, 0.3) is 0 Å². The first kappa shape index (κ1) is 8.02. The van der Waals surface area contributed by atoms with E-state index in [0.29, 0.717) is 0 Å². The average Bonchev–Trinajstić information content (AvgIpc) is 2.36. The lowest BCUT2D eigenvalue weighted by Crippen LogP contribution is -2.33. The molecule has 0 aliphatic carbocycles. The highest BCUT2D eigenvalue weighted by Crippen LogP contribution is 2.31. The molecular formula is C8H16O2. The lowest BCUT2D eigenvalue weighted by Gasteiger charge is -2.28. The van der Waals surface area contributed by atoms with Crippen molar-refractivity contribution >= 4 is 0 Å². The molecule has 0 amide bonds.